The van der Waals surface area contributed by atoms with Crippen molar-refractivity contribution in [3.8, 4) is 11.5 Å². The number of urea groups is 1. The number of anilines is 2. The van der Waals surface area contributed by atoms with Crippen LogP contribution < -0.4 is 20.1 Å². The van der Waals surface area contributed by atoms with Gasteiger partial charge >= 0.3 is 12.0 Å². The first-order chi connectivity index (χ1) is 11.0. The van der Waals surface area contributed by atoms with Crippen molar-refractivity contribution >= 4 is 23.5 Å². The lowest BCUT2D eigenvalue weighted by molar-refractivity contribution is -0.138. The molecule has 0 aliphatic carbocycles. The quantitative estimate of drug-likeness (QED) is 0.724. The van der Waals surface area contributed by atoms with Crippen LogP contribution in [0.3, 0.4) is 0 Å². The maximum Gasteiger partial charge on any atom is 0.327 e. The van der Waals surface area contributed by atoms with Crippen LogP contribution in [-0.4, -0.2) is 46.3 Å². The van der Waals surface area contributed by atoms with Crippen LogP contribution >= 0.6 is 0 Å². The molecule has 0 atom stereocenters. The van der Waals surface area contributed by atoms with Crippen molar-refractivity contribution in [2.24, 2.45) is 0 Å². The molecule has 0 bridgehead atoms. The number of ether oxygens (including phenoxy) is 2. The molecule has 2 aromatic rings. The van der Waals surface area contributed by atoms with E-state index in [0.717, 1.165) is 4.80 Å². The number of hydrogen-bond acceptors (Lipinski definition) is 6. The van der Waals surface area contributed by atoms with Crippen molar-refractivity contribution in [2.45, 2.75) is 6.54 Å². The van der Waals surface area contributed by atoms with Crippen LogP contribution in [0, 0.1) is 0 Å². The summed E-state index contributed by atoms with van der Waals surface area (Å²) in [6.07, 6.45) is 1.25. The number of rotatable bonds is 6. The highest BCUT2D eigenvalue weighted by Gasteiger charge is 2.10. The first-order valence-electron chi connectivity index (χ1n) is 6.43. The van der Waals surface area contributed by atoms with E-state index in [-0.39, 0.29) is 12.4 Å². The van der Waals surface area contributed by atoms with Crippen molar-refractivity contribution in [1.82, 2.24) is 15.0 Å². The average molecular weight is 321 g/mol. The van der Waals surface area contributed by atoms with E-state index in [9.17, 15) is 9.59 Å². The summed E-state index contributed by atoms with van der Waals surface area (Å²) < 4.78 is 10.2. The SMILES string of the molecule is COc1ccc(NC(=O)Nc2cnn(CC(=O)O)n2)cc1OC. The highest BCUT2D eigenvalue weighted by molar-refractivity contribution is 5.99. The van der Waals surface area contributed by atoms with Crippen LogP contribution in [0.5, 0.6) is 11.5 Å². The number of aromatic nitrogens is 3. The van der Waals surface area contributed by atoms with Crippen molar-refractivity contribution in [3.63, 3.8) is 0 Å². The van der Waals surface area contributed by atoms with Crippen molar-refractivity contribution in [1.29, 1.82) is 0 Å². The second-order valence-corrected chi connectivity index (χ2v) is 4.30. The fourth-order valence-corrected chi connectivity index (χ4v) is 1.74. The van der Waals surface area contributed by atoms with Crippen LogP contribution in [0.15, 0.2) is 24.4 Å². The van der Waals surface area contributed by atoms with Crippen LogP contribution in [0.4, 0.5) is 16.3 Å². The zero-order valence-corrected chi connectivity index (χ0v) is 12.4. The molecule has 10 nitrogen and oxygen atoms in total. The van der Waals surface area contributed by atoms with Gasteiger partial charge in [0.1, 0.15) is 0 Å². The molecule has 1 heterocycles. The van der Waals surface area contributed by atoms with Gasteiger partial charge < -0.3 is 19.9 Å². The minimum Gasteiger partial charge on any atom is -0.493 e. The van der Waals surface area contributed by atoms with Gasteiger partial charge in [0.15, 0.2) is 23.9 Å². The molecular formula is C13H15N5O5. The maximum atomic E-state index is 11.9. The smallest absolute Gasteiger partial charge is 0.327 e. The normalized spacial score (nSPS) is 10.0. The molecule has 0 aliphatic heterocycles. The van der Waals surface area contributed by atoms with Gasteiger partial charge in [-0.1, -0.05) is 0 Å². The van der Waals surface area contributed by atoms with Gasteiger partial charge in [-0.15, -0.1) is 5.10 Å². The van der Waals surface area contributed by atoms with Gasteiger partial charge in [0.2, 0.25) is 0 Å². The molecule has 0 spiro atoms. The molecular weight excluding hydrogens is 306 g/mol. The summed E-state index contributed by atoms with van der Waals surface area (Å²) in [4.78, 5) is 23.4. The molecule has 0 saturated heterocycles. The van der Waals surface area contributed by atoms with Gasteiger partial charge in [0.25, 0.3) is 0 Å². The maximum absolute atomic E-state index is 11.9. The molecule has 1 aromatic carbocycles. The lowest BCUT2D eigenvalue weighted by Crippen LogP contribution is -2.20. The van der Waals surface area contributed by atoms with Crippen molar-refractivity contribution in [3.05, 3.63) is 24.4 Å². The topological polar surface area (TPSA) is 128 Å². The molecule has 3 N–H and O–H groups in total. The summed E-state index contributed by atoms with van der Waals surface area (Å²) in [5.74, 6) is 0.0546. The van der Waals surface area contributed by atoms with Gasteiger partial charge in [0.05, 0.1) is 20.4 Å². The van der Waals surface area contributed by atoms with E-state index in [2.05, 4.69) is 20.8 Å². The first-order valence-corrected chi connectivity index (χ1v) is 6.43. The van der Waals surface area contributed by atoms with Crippen molar-refractivity contribution in [2.75, 3.05) is 24.9 Å². The highest BCUT2D eigenvalue weighted by Crippen LogP contribution is 2.29. The summed E-state index contributed by atoms with van der Waals surface area (Å²) in [6, 6.07) is 4.33. The Bertz CT molecular complexity index is 715. The summed E-state index contributed by atoms with van der Waals surface area (Å²) in [7, 11) is 3.00. The largest absolute Gasteiger partial charge is 0.493 e. The lowest BCUT2D eigenvalue weighted by Gasteiger charge is -2.10. The Labute approximate surface area is 131 Å². The molecule has 23 heavy (non-hydrogen) atoms. The van der Waals surface area contributed by atoms with E-state index in [1.54, 1.807) is 18.2 Å². The lowest BCUT2D eigenvalue weighted by atomic mass is 10.3. The summed E-state index contributed by atoms with van der Waals surface area (Å²) in [5, 5.41) is 21.2. The van der Waals surface area contributed by atoms with Gasteiger partial charge in [-0.05, 0) is 12.1 Å². The number of methoxy groups -OCH3 is 2. The van der Waals surface area contributed by atoms with Crippen LogP contribution in [0.25, 0.3) is 0 Å². The van der Waals surface area contributed by atoms with Crippen LogP contribution in [-0.2, 0) is 11.3 Å². The standard InChI is InChI=1S/C13H15N5O5/c1-22-9-4-3-8(5-10(9)23-2)15-13(21)16-11-6-14-18(17-11)7-12(19)20/h3-6H,7H2,1-2H3,(H,19,20)(H2,15,16,17,21). The summed E-state index contributed by atoms with van der Waals surface area (Å²) in [5.41, 5.74) is 0.484. The van der Waals surface area contributed by atoms with E-state index in [0.29, 0.717) is 17.2 Å². The zero-order valence-electron chi connectivity index (χ0n) is 12.4. The number of carboxylic acids is 1. The number of carboxylic acid groups (broad SMARTS) is 1. The minimum absolute atomic E-state index is 0.129. The number of nitrogens with zero attached hydrogens (tertiary/aromatic N) is 3. The predicted octanol–water partition coefficient (Wildman–Crippen LogP) is 1.02. The number of aliphatic carboxylic acids is 1. The molecule has 1 aromatic heterocycles. The average Bonchev–Trinajstić information content (AvgIpc) is 2.93. The van der Waals surface area contributed by atoms with Crippen LogP contribution in [0.1, 0.15) is 0 Å². The Morgan fingerprint density at radius 1 is 1.22 bits per heavy atom. The fourth-order valence-electron chi connectivity index (χ4n) is 1.74. The number of carbonyl (C=O) groups is 2. The third kappa shape index (κ3) is 4.33. The summed E-state index contributed by atoms with van der Waals surface area (Å²) in [6.45, 7) is -0.390. The number of carbonyl (C=O) groups excluding carboxylic acids is 1. The predicted molar refractivity (Wildman–Crippen MR) is 79.8 cm³/mol. The van der Waals surface area contributed by atoms with Crippen molar-refractivity contribution < 1.29 is 24.2 Å². The Morgan fingerprint density at radius 3 is 2.61 bits per heavy atom. The molecule has 0 fully saturated rings. The molecule has 10 heteroatoms. The third-order valence-corrected chi connectivity index (χ3v) is 2.70. The molecule has 0 saturated carbocycles. The number of nitrogens with one attached hydrogen (secondary N) is 2. The highest BCUT2D eigenvalue weighted by atomic mass is 16.5. The number of benzene rings is 1. The molecule has 2 rings (SSSR count). The van der Waals surface area contributed by atoms with E-state index in [1.165, 1.54) is 20.4 Å². The Morgan fingerprint density at radius 2 is 1.96 bits per heavy atom. The molecule has 0 aliphatic rings. The van der Waals surface area contributed by atoms with E-state index in [4.69, 9.17) is 14.6 Å². The van der Waals surface area contributed by atoms with Gasteiger partial charge in [-0.25, -0.2) is 4.79 Å². The Balaban J connectivity index is 1.99. The Hall–Kier alpha value is -3.30. The third-order valence-electron chi connectivity index (χ3n) is 2.70. The van der Waals surface area contributed by atoms with Gasteiger partial charge in [0, 0.05) is 11.8 Å². The Kier molecular flexibility index (Phi) is 4.97. The first kappa shape index (κ1) is 16.1. The molecule has 122 valence electrons. The van der Waals surface area contributed by atoms with Gasteiger partial charge in [-0.3, -0.25) is 10.1 Å². The van der Waals surface area contributed by atoms with E-state index >= 15 is 0 Å². The number of hydrogen-bond donors (Lipinski definition) is 3. The van der Waals surface area contributed by atoms with E-state index < -0.39 is 12.0 Å². The monoisotopic (exact) mass is 321 g/mol. The molecule has 0 radical (unpaired) electrons. The zero-order chi connectivity index (χ0) is 16.8. The molecule has 0 unspecified atom stereocenters. The summed E-state index contributed by atoms with van der Waals surface area (Å²) >= 11 is 0. The fraction of sp³-hybridized carbons (Fsp3) is 0.231. The molecule has 2 amide bonds. The minimum atomic E-state index is -1.08. The number of amides is 2. The van der Waals surface area contributed by atoms with Crippen LogP contribution in [0.2, 0.25) is 0 Å². The van der Waals surface area contributed by atoms with Gasteiger partial charge in [-0.2, -0.15) is 9.90 Å². The van der Waals surface area contributed by atoms with E-state index in [1.807, 2.05) is 0 Å². The second kappa shape index (κ2) is 7.11. The second-order valence-electron chi connectivity index (χ2n) is 4.30.